The van der Waals surface area contributed by atoms with Crippen LogP contribution in [0, 0.1) is 23.2 Å². The Hall–Kier alpha value is -3.70. The zero-order chi connectivity index (χ0) is 21.2. The van der Waals surface area contributed by atoms with Crippen molar-refractivity contribution in [3.63, 3.8) is 0 Å². The van der Waals surface area contributed by atoms with Crippen molar-refractivity contribution in [3.8, 4) is 6.07 Å². The number of benzene rings is 2. The van der Waals surface area contributed by atoms with Gasteiger partial charge in [-0.1, -0.05) is 42.5 Å². The molecule has 1 heterocycles. The van der Waals surface area contributed by atoms with Crippen molar-refractivity contribution in [2.24, 2.45) is 17.6 Å². The van der Waals surface area contributed by atoms with Crippen LogP contribution < -0.4 is 11.1 Å². The summed E-state index contributed by atoms with van der Waals surface area (Å²) in [7, 11) is 1.25. The van der Waals surface area contributed by atoms with Gasteiger partial charge in [-0.2, -0.15) is 5.26 Å². The number of nitriles is 1. The number of nitrogens with two attached hydrogens (primary N) is 1. The summed E-state index contributed by atoms with van der Waals surface area (Å²) < 4.78 is 4.66. The topological polar surface area (TPSA) is 143 Å². The summed E-state index contributed by atoms with van der Waals surface area (Å²) in [5, 5.41) is 23.6. The van der Waals surface area contributed by atoms with Crippen LogP contribution in [0.5, 0.6) is 0 Å². The molecule has 1 saturated heterocycles. The Morgan fingerprint density at radius 3 is 2.31 bits per heavy atom. The Labute approximate surface area is 166 Å². The lowest BCUT2D eigenvalue weighted by molar-refractivity contribution is -0.153. The molecule has 29 heavy (non-hydrogen) atoms. The Bertz CT molecular complexity index is 984. The molecule has 3 rings (SSSR count). The van der Waals surface area contributed by atoms with Gasteiger partial charge in [0.15, 0.2) is 5.72 Å². The summed E-state index contributed by atoms with van der Waals surface area (Å²) >= 11 is 0. The van der Waals surface area contributed by atoms with E-state index in [0.717, 1.165) is 0 Å². The fourth-order valence-corrected chi connectivity index (χ4v) is 3.73. The SMILES string of the molecule is COC(=O)c1ccc([C@H]2[C@@H](C(N)=O)C(=O)N[C@@](O)(c3ccccc3)[C@@H]2C#N)cc1. The van der Waals surface area contributed by atoms with Crippen molar-refractivity contribution < 1.29 is 24.2 Å². The molecule has 0 spiro atoms. The monoisotopic (exact) mass is 393 g/mol. The van der Waals surface area contributed by atoms with Gasteiger partial charge in [-0.05, 0) is 17.7 Å². The van der Waals surface area contributed by atoms with Gasteiger partial charge < -0.3 is 20.9 Å². The molecule has 2 aromatic carbocycles. The van der Waals surface area contributed by atoms with Gasteiger partial charge in [0.25, 0.3) is 0 Å². The number of amides is 2. The second-order valence-corrected chi connectivity index (χ2v) is 6.75. The Kier molecular flexibility index (Phi) is 5.35. The Morgan fingerprint density at radius 1 is 1.17 bits per heavy atom. The van der Waals surface area contributed by atoms with Crippen molar-refractivity contribution in [3.05, 3.63) is 71.3 Å². The first-order valence-electron chi connectivity index (χ1n) is 8.80. The number of hydrogen-bond donors (Lipinski definition) is 3. The molecule has 0 bridgehead atoms. The van der Waals surface area contributed by atoms with E-state index in [2.05, 4.69) is 10.1 Å². The van der Waals surface area contributed by atoms with Crippen LogP contribution in [0.15, 0.2) is 54.6 Å². The van der Waals surface area contributed by atoms with Crippen LogP contribution in [0.3, 0.4) is 0 Å². The van der Waals surface area contributed by atoms with E-state index in [1.807, 2.05) is 6.07 Å². The molecule has 8 nitrogen and oxygen atoms in total. The van der Waals surface area contributed by atoms with Crippen molar-refractivity contribution in [2.75, 3.05) is 7.11 Å². The van der Waals surface area contributed by atoms with E-state index in [4.69, 9.17) is 5.73 Å². The largest absolute Gasteiger partial charge is 0.465 e. The van der Waals surface area contributed by atoms with Gasteiger partial charge in [0, 0.05) is 11.5 Å². The van der Waals surface area contributed by atoms with Crippen LogP contribution in [0.1, 0.15) is 27.4 Å². The van der Waals surface area contributed by atoms with Crippen molar-refractivity contribution >= 4 is 17.8 Å². The lowest BCUT2D eigenvalue weighted by Gasteiger charge is -2.44. The minimum Gasteiger partial charge on any atom is -0.465 e. The van der Waals surface area contributed by atoms with E-state index in [9.17, 15) is 24.8 Å². The molecule has 1 aliphatic rings. The van der Waals surface area contributed by atoms with E-state index in [1.165, 1.54) is 31.4 Å². The summed E-state index contributed by atoms with van der Waals surface area (Å²) in [4.78, 5) is 36.5. The molecule has 148 valence electrons. The highest BCUT2D eigenvalue weighted by Crippen LogP contribution is 2.45. The fourth-order valence-electron chi connectivity index (χ4n) is 3.73. The highest BCUT2D eigenvalue weighted by Gasteiger charge is 2.55. The van der Waals surface area contributed by atoms with Gasteiger partial charge >= 0.3 is 5.97 Å². The van der Waals surface area contributed by atoms with Gasteiger partial charge in [0.05, 0.1) is 18.7 Å². The molecule has 0 saturated carbocycles. The normalized spacial score (nSPS) is 26.1. The third-order valence-electron chi connectivity index (χ3n) is 5.14. The Morgan fingerprint density at radius 2 is 1.79 bits per heavy atom. The number of primary amides is 1. The molecule has 2 aromatic rings. The highest BCUT2D eigenvalue weighted by atomic mass is 16.5. The molecule has 1 fully saturated rings. The van der Waals surface area contributed by atoms with Gasteiger partial charge in [-0.25, -0.2) is 4.79 Å². The molecule has 4 N–H and O–H groups in total. The quantitative estimate of drug-likeness (QED) is 0.517. The van der Waals surface area contributed by atoms with Crippen LogP contribution >= 0.6 is 0 Å². The van der Waals surface area contributed by atoms with E-state index in [0.29, 0.717) is 11.1 Å². The number of aliphatic hydroxyl groups is 1. The highest BCUT2D eigenvalue weighted by molar-refractivity contribution is 6.02. The lowest BCUT2D eigenvalue weighted by atomic mass is 9.67. The predicted molar refractivity (Wildman–Crippen MR) is 101 cm³/mol. The van der Waals surface area contributed by atoms with Gasteiger partial charge in [0.2, 0.25) is 11.8 Å². The average Bonchev–Trinajstić information content (AvgIpc) is 2.73. The van der Waals surface area contributed by atoms with Crippen LogP contribution in [-0.4, -0.2) is 30.0 Å². The fraction of sp³-hybridized carbons (Fsp3) is 0.238. The molecule has 0 aromatic heterocycles. The van der Waals surface area contributed by atoms with Crippen LogP contribution in [0.25, 0.3) is 0 Å². The number of piperidine rings is 1. The molecular weight excluding hydrogens is 374 g/mol. The molecule has 0 radical (unpaired) electrons. The Balaban J connectivity index is 2.14. The molecule has 4 atom stereocenters. The minimum absolute atomic E-state index is 0.263. The number of nitrogens with one attached hydrogen (secondary N) is 1. The number of carbonyl (C=O) groups excluding carboxylic acids is 3. The number of carbonyl (C=O) groups is 3. The standard InChI is InChI=1S/C21H19N3O5/c1-29-20(27)13-9-7-12(8-10-13)16-15(11-22)21(28,14-5-3-2-4-6-14)24-19(26)17(16)18(23)25/h2-10,15-17,28H,1H3,(H2,23,25)(H,24,26)/t15-,16-,17+,21-/m1/s1. The summed E-state index contributed by atoms with van der Waals surface area (Å²) in [5.41, 5.74) is 4.42. The molecule has 8 heteroatoms. The second-order valence-electron chi connectivity index (χ2n) is 6.75. The van der Waals surface area contributed by atoms with Crippen LogP contribution in [-0.2, 0) is 20.1 Å². The van der Waals surface area contributed by atoms with Crippen molar-refractivity contribution in [2.45, 2.75) is 11.6 Å². The first-order valence-corrected chi connectivity index (χ1v) is 8.80. The number of ether oxygens (including phenoxy) is 1. The van der Waals surface area contributed by atoms with E-state index in [-0.39, 0.29) is 5.56 Å². The van der Waals surface area contributed by atoms with E-state index >= 15 is 0 Å². The minimum atomic E-state index is -2.02. The second kappa shape index (κ2) is 7.73. The maximum absolute atomic E-state index is 12.7. The molecule has 1 aliphatic heterocycles. The van der Waals surface area contributed by atoms with E-state index < -0.39 is 41.3 Å². The summed E-state index contributed by atoms with van der Waals surface area (Å²) in [5.74, 6) is -5.86. The molecular formula is C21H19N3O5. The smallest absolute Gasteiger partial charge is 0.337 e. The van der Waals surface area contributed by atoms with Crippen molar-refractivity contribution in [1.82, 2.24) is 5.32 Å². The van der Waals surface area contributed by atoms with Crippen LogP contribution in [0.4, 0.5) is 0 Å². The number of esters is 1. The first kappa shape index (κ1) is 20.0. The summed E-state index contributed by atoms with van der Waals surface area (Å²) in [6.07, 6.45) is 0. The third-order valence-corrected chi connectivity index (χ3v) is 5.14. The summed E-state index contributed by atoms with van der Waals surface area (Å²) in [6.45, 7) is 0. The first-order chi connectivity index (χ1) is 13.8. The number of nitrogens with zero attached hydrogens (tertiary/aromatic N) is 1. The van der Waals surface area contributed by atoms with Crippen molar-refractivity contribution in [1.29, 1.82) is 5.26 Å². The molecule has 0 unspecified atom stereocenters. The average molecular weight is 393 g/mol. The van der Waals surface area contributed by atoms with E-state index in [1.54, 1.807) is 30.3 Å². The van der Waals surface area contributed by atoms with Gasteiger partial charge in [-0.15, -0.1) is 0 Å². The zero-order valence-electron chi connectivity index (χ0n) is 15.5. The zero-order valence-corrected chi connectivity index (χ0v) is 15.5. The number of hydrogen-bond acceptors (Lipinski definition) is 6. The number of methoxy groups -OCH3 is 1. The van der Waals surface area contributed by atoms with Gasteiger partial charge in [0.1, 0.15) is 11.8 Å². The number of rotatable bonds is 4. The third kappa shape index (κ3) is 3.44. The summed E-state index contributed by atoms with van der Waals surface area (Å²) in [6, 6.07) is 16.2. The predicted octanol–water partition coefficient (Wildman–Crippen LogP) is 0.773. The molecule has 0 aliphatic carbocycles. The lowest BCUT2D eigenvalue weighted by Crippen LogP contribution is -2.62. The molecule has 2 amide bonds. The maximum Gasteiger partial charge on any atom is 0.337 e. The van der Waals surface area contributed by atoms with Gasteiger partial charge in [-0.3, -0.25) is 9.59 Å². The maximum atomic E-state index is 12.7. The van der Waals surface area contributed by atoms with Crippen LogP contribution in [0.2, 0.25) is 0 Å².